The highest BCUT2D eigenvalue weighted by molar-refractivity contribution is 5.31. The number of piperidine rings is 1. The lowest BCUT2D eigenvalue weighted by Gasteiger charge is -2.40. The van der Waals surface area contributed by atoms with Crippen LogP contribution in [0.1, 0.15) is 63.0 Å². The predicted molar refractivity (Wildman–Crippen MR) is 95.7 cm³/mol. The SMILES string of the molecule is COCCCCC(O)(c1cccc(C(C)C)c1)C1CCCNC1. The first-order chi connectivity index (χ1) is 11.1. The zero-order valence-corrected chi connectivity index (χ0v) is 15.0. The van der Waals surface area contributed by atoms with E-state index >= 15 is 0 Å². The largest absolute Gasteiger partial charge is 0.385 e. The van der Waals surface area contributed by atoms with E-state index < -0.39 is 5.60 Å². The number of hydrogen-bond donors (Lipinski definition) is 2. The third kappa shape index (κ3) is 4.79. The lowest BCUT2D eigenvalue weighted by molar-refractivity contribution is -0.0434. The maximum absolute atomic E-state index is 11.6. The summed E-state index contributed by atoms with van der Waals surface area (Å²) < 4.78 is 5.16. The fourth-order valence-corrected chi connectivity index (χ4v) is 3.65. The molecule has 0 amide bonds. The van der Waals surface area contributed by atoms with Crippen LogP contribution in [0, 0.1) is 5.92 Å². The molecule has 0 bridgehead atoms. The van der Waals surface area contributed by atoms with Crippen molar-refractivity contribution in [3.63, 3.8) is 0 Å². The lowest BCUT2D eigenvalue weighted by atomic mass is 9.74. The predicted octanol–water partition coefficient (Wildman–Crippen LogP) is 3.81. The number of hydrogen-bond acceptors (Lipinski definition) is 3. The molecule has 0 saturated carbocycles. The average molecular weight is 319 g/mol. The van der Waals surface area contributed by atoms with E-state index in [1.165, 1.54) is 5.56 Å². The summed E-state index contributed by atoms with van der Waals surface area (Å²) in [6.45, 7) is 7.16. The van der Waals surface area contributed by atoms with Gasteiger partial charge in [-0.25, -0.2) is 0 Å². The summed E-state index contributed by atoms with van der Waals surface area (Å²) in [5.41, 5.74) is 1.67. The van der Waals surface area contributed by atoms with Crippen LogP contribution >= 0.6 is 0 Å². The summed E-state index contributed by atoms with van der Waals surface area (Å²) in [6.07, 6.45) is 5.05. The van der Waals surface area contributed by atoms with Gasteiger partial charge in [0.2, 0.25) is 0 Å². The van der Waals surface area contributed by atoms with Crippen LogP contribution in [0.4, 0.5) is 0 Å². The zero-order chi connectivity index (χ0) is 16.7. The highest BCUT2D eigenvalue weighted by atomic mass is 16.5. The average Bonchev–Trinajstić information content (AvgIpc) is 2.59. The van der Waals surface area contributed by atoms with Crippen LogP contribution in [-0.2, 0) is 10.3 Å². The van der Waals surface area contributed by atoms with E-state index in [1.54, 1.807) is 7.11 Å². The highest BCUT2D eigenvalue weighted by Gasteiger charge is 2.38. The highest BCUT2D eigenvalue weighted by Crippen LogP contribution is 2.39. The summed E-state index contributed by atoms with van der Waals surface area (Å²) >= 11 is 0. The summed E-state index contributed by atoms with van der Waals surface area (Å²) in [5, 5.41) is 15.1. The molecule has 1 saturated heterocycles. The van der Waals surface area contributed by atoms with Crippen LogP contribution in [-0.4, -0.2) is 31.9 Å². The van der Waals surface area contributed by atoms with E-state index in [0.717, 1.165) is 57.4 Å². The Kier molecular flexibility index (Phi) is 7.07. The number of benzene rings is 1. The van der Waals surface area contributed by atoms with Crippen LogP contribution in [0.5, 0.6) is 0 Å². The Balaban J connectivity index is 2.22. The maximum Gasteiger partial charge on any atom is 0.0936 e. The Morgan fingerprint density at radius 3 is 2.83 bits per heavy atom. The molecule has 1 aliphatic rings. The number of rotatable bonds is 8. The Labute approximate surface area is 141 Å². The summed E-state index contributed by atoms with van der Waals surface area (Å²) in [6, 6.07) is 8.59. The van der Waals surface area contributed by atoms with Gasteiger partial charge in [0.15, 0.2) is 0 Å². The third-order valence-electron chi connectivity index (χ3n) is 5.18. The number of aliphatic hydroxyl groups is 1. The van der Waals surface area contributed by atoms with E-state index in [9.17, 15) is 5.11 Å². The van der Waals surface area contributed by atoms with Gasteiger partial charge in [0.1, 0.15) is 0 Å². The first-order valence-corrected chi connectivity index (χ1v) is 9.10. The van der Waals surface area contributed by atoms with Crippen molar-refractivity contribution in [2.45, 2.75) is 57.5 Å². The van der Waals surface area contributed by atoms with Crippen LogP contribution in [0.3, 0.4) is 0 Å². The molecule has 1 aromatic carbocycles. The second kappa shape index (κ2) is 8.81. The van der Waals surface area contributed by atoms with Gasteiger partial charge < -0.3 is 15.2 Å². The molecule has 1 aromatic rings. The van der Waals surface area contributed by atoms with Gasteiger partial charge in [-0.05, 0) is 55.7 Å². The Morgan fingerprint density at radius 1 is 1.35 bits per heavy atom. The van der Waals surface area contributed by atoms with Gasteiger partial charge in [-0.1, -0.05) is 38.1 Å². The smallest absolute Gasteiger partial charge is 0.0936 e. The van der Waals surface area contributed by atoms with E-state index in [1.807, 2.05) is 0 Å². The van der Waals surface area contributed by atoms with Crippen molar-refractivity contribution < 1.29 is 9.84 Å². The van der Waals surface area contributed by atoms with E-state index in [0.29, 0.717) is 11.8 Å². The first kappa shape index (κ1) is 18.4. The molecule has 2 rings (SSSR count). The second-order valence-electron chi connectivity index (χ2n) is 7.20. The molecule has 0 radical (unpaired) electrons. The maximum atomic E-state index is 11.6. The van der Waals surface area contributed by atoms with Crippen LogP contribution < -0.4 is 5.32 Å². The van der Waals surface area contributed by atoms with E-state index in [-0.39, 0.29) is 0 Å². The van der Waals surface area contributed by atoms with Gasteiger partial charge in [0.05, 0.1) is 5.60 Å². The fourth-order valence-electron chi connectivity index (χ4n) is 3.65. The van der Waals surface area contributed by atoms with Crippen molar-refractivity contribution in [1.29, 1.82) is 0 Å². The van der Waals surface area contributed by atoms with Crippen LogP contribution in [0.15, 0.2) is 24.3 Å². The molecule has 1 aliphatic heterocycles. The molecule has 0 aliphatic carbocycles. The molecule has 1 heterocycles. The van der Waals surface area contributed by atoms with Gasteiger partial charge in [0, 0.05) is 26.2 Å². The monoisotopic (exact) mass is 319 g/mol. The number of methoxy groups -OCH3 is 1. The molecule has 2 unspecified atom stereocenters. The quantitative estimate of drug-likeness (QED) is 0.716. The molecule has 2 N–H and O–H groups in total. The van der Waals surface area contributed by atoms with Gasteiger partial charge in [-0.3, -0.25) is 0 Å². The molecule has 2 atom stereocenters. The molecule has 1 fully saturated rings. The summed E-state index contributed by atoms with van der Waals surface area (Å²) in [7, 11) is 1.74. The summed E-state index contributed by atoms with van der Waals surface area (Å²) in [4.78, 5) is 0. The molecule has 0 spiro atoms. The topological polar surface area (TPSA) is 41.5 Å². The molecule has 0 aromatic heterocycles. The van der Waals surface area contributed by atoms with Crippen molar-refractivity contribution in [3.05, 3.63) is 35.4 Å². The van der Waals surface area contributed by atoms with Crippen molar-refractivity contribution in [3.8, 4) is 0 Å². The Hall–Kier alpha value is -0.900. The van der Waals surface area contributed by atoms with Gasteiger partial charge >= 0.3 is 0 Å². The van der Waals surface area contributed by atoms with Gasteiger partial charge in [-0.15, -0.1) is 0 Å². The molecule has 3 nitrogen and oxygen atoms in total. The van der Waals surface area contributed by atoms with Crippen LogP contribution in [0.2, 0.25) is 0 Å². The second-order valence-corrected chi connectivity index (χ2v) is 7.20. The lowest BCUT2D eigenvalue weighted by Crippen LogP contribution is -2.44. The van der Waals surface area contributed by atoms with Crippen molar-refractivity contribution in [2.75, 3.05) is 26.8 Å². The first-order valence-electron chi connectivity index (χ1n) is 9.10. The van der Waals surface area contributed by atoms with Crippen molar-refractivity contribution in [1.82, 2.24) is 5.32 Å². The van der Waals surface area contributed by atoms with Crippen LogP contribution in [0.25, 0.3) is 0 Å². The molecule has 130 valence electrons. The molecule has 23 heavy (non-hydrogen) atoms. The number of ether oxygens (including phenoxy) is 1. The minimum atomic E-state index is -0.730. The number of unbranched alkanes of at least 4 members (excludes halogenated alkanes) is 1. The van der Waals surface area contributed by atoms with Crippen molar-refractivity contribution >= 4 is 0 Å². The van der Waals surface area contributed by atoms with Gasteiger partial charge in [-0.2, -0.15) is 0 Å². The minimum absolute atomic E-state index is 0.293. The number of nitrogens with one attached hydrogen (secondary N) is 1. The molecular formula is C20H33NO2. The van der Waals surface area contributed by atoms with E-state index in [4.69, 9.17) is 4.74 Å². The fraction of sp³-hybridized carbons (Fsp3) is 0.700. The summed E-state index contributed by atoms with van der Waals surface area (Å²) in [5.74, 6) is 0.776. The van der Waals surface area contributed by atoms with Gasteiger partial charge in [0.25, 0.3) is 0 Å². The minimum Gasteiger partial charge on any atom is -0.385 e. The normalized spacial score (nSPS) is 21.3. The van der Waals surface area contributed by atoms with E-state index in [2.05, 4.69) is 43.4 Å². The Bertz CT molecular complexity index is 468. The molecular weight excluding hydrogens is 286 g/mol. The van der Waals surface area contributed by atoms with Crippen molar-refractivity contribution in [2.24, 2.45) is 5.92 Å². The molecule has 3 heteroatoms. The Morgan fingerprint density at radius 2 is 2.17 bits per heavy atom. The standard InChI is InChI=1S/C20H33NO2/c1-16(2)17-8-6-9-18(14-17)20(22,11-4-5-13-23-3)19-10-7-12-21-15-19/h6,8-9,14,16,19,21-22H,4-5,7,10-13,15H2,1-3H3. The third-order valence-corrected chi connectivity index (χ3v) is 5.18. The zero-order valence-electron chi connectivity index (χ0n) is 15.0.